The van der Waals surface area contributed by atoms with Crippen LogP contribution in [0, 0.1) is 16.7 Å². The van der Waals surface area contributed by atoms with Crippen LogP contribution in [-0.2, 0) is 13.0 Å². The molecule has 2 heterocycles. The second kappa shape index (κ2) is 6.28. The van der Waals surface area contributed by atoms with Gasteiger partial charge in [0.2, 0.25) is 0 Å². The highest BCUT2D eigenvalue weighted by Gasteiger charge is 2.16. The molecule has 0 saturated heterocycles. The molecule has 1 atom stereocenters. The van der Waals surface area contributed by atoms with Crippen molar-refractivity contribution >= 4 is 11.0 Å². The van der Waals surface area contributed by atoms with Crippen LogP contribution in [0.3, 0.4) is 0 Å². The fourth-order valence-corrected chi connectivity index (χ4v) is 2.62. The molecule has 112 valence electrons. The summed E-state index contributed by atoms with van der Waals surface area (Å²) in [6.07, 6.45) is 6.71. The highest BCUT2D eigenvalue weighted by atomic mass is 15.0. The summed E-state index contributed by atoms with van der Waals surface area (Å²) in [7, 11) is 0. The van der Waals surface area contributed by atoms with Crippen molar-refractivity contribution in [2.45, 2.75) is 52.6 Å². The average molecular weight is 284 g/mol. The molecule has 0 aliphatic rings. The van der Waals surface area contributed by atoms with Gasteiger partial charge in [-0.05, 0) is 57.7 Å². The van der Waals surface area contributed by atoms with Gasteiger partial charge in [0.05, 0.1) is 11.5 Å². The summed E-state index contributed by atoms with van der Waals surface area (Å²) < 4.78 is 2.19. The van der Waals surface area contributed by atoms with Crippen molar-refractivity contribution in [1.29, 1.82) is 5.26 Å². The summed E-state index contributed by atoms with van der Waals surface area (Å²) in [6, 6.07) is 6.57. The van der Waals surface area contributed by atoms with E-state index in [1.807, 2.05) is 33.0 Å². The van der Waals surface area contributed by atoms with Crippen LogP contribution in [0.1, 0.15) is 39.2 Å². The van der Waals surface area contributed by atoms with Crippen molar-refractivity contribution in [2.24, 2.45) is 11.1 Å². The Morgan fingerprint density at radius 3 is 2.90 bits per heavy atom. The van der Waals surface area contributed by atoms with Crippen molar-refractivity contribution in [3.8, 4) is 6.07 Å². The number of nitrogens with two attached hydrogens (primary N) is 1. The SMILES string of the molecule is CC(N)Cc1cn(CCCC(C)(C)C#N)c2ncccc12. The lowest BCUT2D eigenvalue weighted by Crippen LogP contribution is -2.17. The molecular weight excluding hydrogens is 260 g/mol. The second-order valence-corrected chi connectivity index (χ2v) is 6.50. The van der Waals surface area contributed by atoms with Gasteiger partial charge in [0, 0.05) is 30.4 Å². The summed E-state index contributed by atoms with van der Waals surface area (Å²) in [5, 5.41) is 10.3. The van der Waals surface area contributed by atoms with E-state index in [0.29, 0.717) is 0 Å². The zero-order valence-corrected chi connectivity index (χ0v) is 13.1. The minimum atomic E-state index is -0.259. The summed E-state index contributed by atoms with van der Waals surface area (Å²) in [5.74, 6) is 0. The molecule has 0 saturated carbocycles. The van der Waals surface area contributed by atoms with Crippen LogP contribution in [0.5, 0.6) is 0 Å². The predicted octanol–water partition coefficient (Wildman–Crippen LogP) is 3.26. The molecule has 2 N–H and O–H groups in total. The van der Waals surface area contributed by atoms with Gasteiger partial charge in [-0.15, -0.1) is 0 Å². The number of fused-ring (bicyclic) bond motifs is 1. The Kier molecular flexibility index (Phi) is 4.64. The second-order valence-electron chi connectivity index (χ2n) is 6.50. The van der Waals surface area contributed by atoms with Crippen LogP contribution in [0.15, 0.2) is 24.5 Å². The van der Waals surface area contributed by atoms with Crippen molar-refractivity contribution in [3.05, 3.63) is 30.1 Å². The largest absolute Gasteiger partial charge is 0.332 e. The molecule has 21 heavy (non-hydrogen) atoms. The number of aryl methyl sites for hydroxylation is 1. The third-order valence-electron chi connectivity index (χ3n) is 3.76. The molecule has 0 amide bonds. The number of hydrogen-bond donors (Lipinski definition) is 1. The maximum absolute atomic E-state index is 9.08. The minimum absolute atomic E-state index is 0.141. The number of hydrogen-bond acceptors (Lipinski definition) is 3. The Balaban J connectivity index is 2.18. The van der Waals surface area contributed by atoms with Crippen molar-refractivity contribution in [3.63, 3.8) is 0 Å². The molecule has 1 unspecified atom stereocenters. The smallest absolute Gasteiger partial charge is 0.140 e. The van der Waals surface area contributed by atoms with E-state index in [1.54, 1.807) is 0 Å². The zero-order valence-electron chi connectivity index (χ0n) is 13.1. The summed E-state index contributed by atoms with van der Waals surface area (Å²) in [6.45, 7) is 6.88. The van der Waals surface area contributed by atoms with E-state index >= 15 is 0 Å². The maximum atomic E-state index is 9.08. The maximum Gasteiger partial charge on any atom is 0.140 e. The standard InChI is InChI=1S/C17H24N4/c1-13(19)10-14-11-21(9-5-7-17(2,3)12-18)16-15(14)6-4-8-20-16/h4,6,8,11,13H,5,7,9-10,19H2,1-3H3. The number of nitriles is 1. The molecule has 2 aromatic heterocycles. The molecular formula is C17H24N4. The summed E-state index contributed by atoms with van der Waals surface area (Å²) >= 11 is 0. The van der Waals surface area contributed by atoms with Gasteiger partial charge in [-0.1, -0.05) is 0 Å². The fourth-order valence-electron chi connectivity index (χ4n) is 2.62. The summed E-state index contributed by atoms with van der Waals surface area (Å²) in [5.41, 5.74) is 7.95. The molecule has 0 aliphatic heterocycles. The van der Waals surface area contributed by atoms with E-state index in [-0.39, 0.29) is 11.5 Å². The van der Waals surface area contributed by atoms with E-state index in [0.717, 1.165) is 31.5 Å². The topological polar surface area (TPSA) is 67.6 Å². The number of nitrogens with zero attached hydrogens (tertiary/aromatic N) is 3. The van der Waals surface area contributed by atoms with Crippen LogP contribution in [0.4, 0.5) is 0 Å². The monoisotopic (exact) mass is 284 g/mol. The lowest BCUT2D eigenvalue weighted by atomic mass is 9.90. The molecule has 4 nitrogen and oxygen atoms in total. The molecule has 0 bridgehead atoms. The van der Waals surface area contributed by atoms with Gasteiger partial charge >= 0.3 is 0 Å². The van der Waals surface area contributed by atoms with Crippen molar-refractivity contribution in [2.75, 3.05) is 0 Å². The van der Waals surface area contributed by atoms with Crippen molar-refractivity contribution in [1.82, 2.24) is 9.55 Å². The molecule has 0 spiro atoms. The Morgan fingerprint density at radius 2 is 2.24 bits per heavy atom. The van der Waals surface area contributed by atoms with Crippen LogP contribution >= 0.6 is 0 Å². The van der Waals surface area contributed by atoms with E-state index in [9.17, 15) is 0 Å². The number of rotatable bonds is 6. The molecule has 4 heteroatoms. The van der Waals surface area contributed by atoms with Crippen LogP contribution in [-0.4, -0.2) is 15.6 Å². The number of pyridine rings is 1. The van der Waals surface area contributed by atoms with Gasteiger partial charge in [0.15, 0.2) is 0 Å². The van der Waals surface area contributed by atoms with E-state index in [1.165, 1.54) is 10.9 Å². The Hall–Kier alpha value is -1.86. The lowest BCUT2D eigenvalue weighted by molar-refractivity contribution is 0.417. The molecule has 0 radical (unpaired) electrons. The van der Waals surface area contributed by atoms with Gasteiger partial charge in [0.25, 0.3) is 0 Å². The van der Waals surface area contributed by atoms with Gasteiger partial charge < -0.3 is 10.3 Å². The zero-order chi connectivity index (χ0) is 15.5. The highest BCUT2D eigenvalue weighted by Crippen LogP contribution is 2.24. The molecule has 0 fully saturated rings. The average Bonchev–Trinajstić information content (AvgIpc) is 2.77. The fraction of sp³-hybridized carbons (Fsp3) is 0.529. The molecule has 0 aromatic carbocycles. The first-order chi connectivity index (χ1) is 9.93. The quantitative estimate of drug-likeness (QED) is 0.885. The Morgan fingerprint density at radius 1 is 1.48 bits per heavy atom. The summed E-state index contributed by atoms with van der Waals surface area (Å²) in [4.78, 5) is 4.50. The van der Waals surface area contributed by atoms with E-state index in [4.69, 9.17) is 11.0 Å². The molecule has 2 rings (SSSR count). The van der Waals surface area contributed by atoms with E-state index < -0.39 is 0 Å². The first-order valence-corrected chi connectivity index (χ1v) is 7.52. The van der Waals surface area contributed by atoms with Crippen LogP contribution in [0.2, 0.25) is 0 Å². The normalized spacial score (nSPS) is 13.3. The minimum Gasteiger partial charge on any atom is -0.332 e. The van der Waals surface area contributed by atoms with Crippen LogP contribution < -0.4 is 5.73 Å². The van der Waals surface area contributed by atoms with Crippen LogP contribution in [0.25, 0.3) is 11.0 Å². The lowest BCUT2D eigenvalue weighted by Gasteiger charge is -2.14. The van der Waals surface area contributed by atoms with E-state index in [2.05, 4.69) is 27.9 Å². The number of aromatic nitrogens is 2. The molecule has 2 aromatic rings. The van der Waals surface area contributed by atoms with Gasteiger partial charge in [-0.3, -0.25) is 0 Å². The first-order valence-electron chi connectivity index (χ1n) is 7.52. The van der Waals surface area contributed by atoms with Gasteiger partial charge in [-0.2, -0.15) is 5.26 Å². The highest BCUT2D eigenvalue weighted by molar-refractivity contribution is 5.80. The third-order valence-corrected chi connectivity index (χ3v) is 3.76. The third kappa shape index (κ3) is 3.83. The van der Waals surface area contributed by atoms with Gasteiger partial charge in [-0.25, -0.2) is 4.98 Å². The first kappa shape index (κ1) is 15.5. The van der Waals surface area contributed by atoms with Crippen molar-refractivity contribution < 1.29 is 0 Å². The molecule has 0 aliphatic carbocycles. The Bertz CT molecular complexity index is 646. The predicted molar refractivity (Wildman–Crippen MR) is 85.7 cm³/mol. The van der Waals surface area contributed by atoms with Gasteiger partial charge in [0.1, 0.15) is 5.65 Å². The Labute approximate surface area is 126 Å².